The molecule has 0 aromatic carbocycles. The summed E-state index contributed by atoms with van der Waals surface area (Å²) in [6.45, 7) is 1.56. The van der Waals surface area contributed by atoms with Gasteiger partial charge in [0, 0.05) is 0 Å². The first-order valence-electron chi connectivity index (χ1n) is 3.58. The van der Waals surface area contributed by atoms with Crippen LogP contribution in [0.2, 0.25) is 0 Å². The van der Waals surface area contributed by atoms with Crippen LogP contribution in [0.25, 0.3) is 0 Å². The lowest BCUT2D eigenvalue weighted by molar-refractivity contribution is -0.235. The van der Waals surface area contributed by atoms with Crippen LogP contribution in [0.4, 0.5) is 0 Å². The van der Waals surface area contributed by atoms with Crippen molar-refractivity contribution in [1.29, 1.82) is 0 Å². The van der Waals surface area contributed by atoms with E-state index >= 15 is 0 Å². The SMILES string of the molecule is CC(O)C(O)(N(C)C)N(C)C. The Kier molecular flexibility index (Phi) is 3.44. The van der Waals surface area contributed by atoms with Crippen molar-refractivity contribution >= 4 is 0 Å². The van der Waals surface area contributed by atoms with Crippen LogP contribution in [0.3, 0.4) is 0 Å². The minimum absolute atomic E-state index is 0.813. The maximum absolute atomic E-state index is 9.84. The highest BCUT2D eigenvalue weighted by molar-refractivity contribution is 4.77. The van der Waals surface area contributed by atoms with E-state index in [0.717, 1.165) is 0 Å². The smallest absolute Gasteiger partial charge is 0.202 e. The van der Waals surface area contributed by atoms with E-state index in [4.69, 9.17) is 0 Å². The zero-order chi connectivity index (χ0) is 9.23. The molecular formula is C7H18N2O2. The summed E-state index contributed by atoms with van der Waals surface area (Å²) >= 11 is 0. The number of hydrogen-bond acceptors (Lipinski definition) is 4. The first-order valence-corrected chi connectivity index (χ1v) is 3.58. The van der Waals surface area contributed by atoms with Crippen LogP contribution in [0.1, 0.15) is 6.92 Å². The molecule has 0 radical (unpaired) electrons. The number of nitrogens with zero attached hydrogens (tertiary/aromatic N) is 2. The molecule has 1 atom stereocenters. The summed E-state index contributed by atoms with van der Waals surface area (Å²) < 4.78 is 0. The Morgan fingerprint density at radius 3 is 1.36 bits per heavy atom. The van der Waals surface area contributed by atoms with Gasteiger partial charge in [-0.05, 0) is 35.1 Å². The molecule has 0 bridgehead atoms. The zero-order valence-corrected chi connectivity index (χ0v) is 7.87. The molecule has 0 spiro atoms. The Bertz CT molecular complexity index is 102. The van der Waals surface area contributed by atoms with Crippen molar-refractivity contribution in [3.05, 3.63) is 0 Å². The highest BCUT2D eigenvalue weighted by atomic mass is 16.4. The average molecular weight is 162 g/mol. The molecular weight excluding hydrogens is 144 g/mol. The molecule has 0 aliphatic rings. The fraction of sp³-hybridized carbons (Fsp3) is 1.00. The van der Waals surface area contributed by atoms with Gasteiger partial charge in [-0.2, -0.15) is 0 Å². The molecule has 0 rings (SSSR count). The van der Waals surface area contributed by atoms with Gasteiger partial charge in [0.15, 0.2) is 0 Å². The molecule has 4 nitrogen and oxygen atoms in total. The second-order valence-electron chi connectivity index (χ2n) is 3.15. The van der Waals surface area contributed by atoms with Gasteiger partial charge in [-0.15, -0.1) is 0 Å². The van der Waals surface area contributed by atoms with Gasteiger partial charge in [0.2, 0.25) is 5.85 Å². The second-order valence-corrected chi connectivity index (χ2v) is 3.15. The first kappa shape index (κ1) is 10.8. The summed E-state index contributed by atoms with van der Waals surface area (Å²) in [6, 6.07) is 0. The Morgan fingerprint density at radius 1 is 1.09 bits per heavy atom. The lowest BCUT2D eigenvalue weighted by Crippen LogP contribution is -2.61. The minimum atomic E-state index is -1.28. The Morgan fingerprint density at radius 2 is 1.36 bits per heavy atom. The number of aliphatic hydroxyl groups excluding tert-OH is 1. The number of hydrogen-bond donors (Lipinski definition) is 2. The highest BCUT2D eigenvalue weighted by Crippen LogP contribution is 2.15. The summed E-state index contributed by atoms with van der Waals surface area (Å²) in [6.07, 6.45) is -0.813. The van der Waals surface area contributed by atoms with Crippen molar-refractivity contribution in [1.82, 2.24) is 9.80 Å². The normalized spacial score (nSPS) is 16.1. The van der Waals surface area contributed by atoms with E-state index in [1.54, 1.807) is 44.9 Å². The number of rotatable bonds is 3. The summed E-state index contributed by atoms with van der Waals surface area (Å²) in [7, 11) is 6.86. The number of likely N-dealkylation sites (N-methyl/N-ethyl adjacent to an activating group) is 2. The third-order valence-electron chi connectivity index (χ3n) is 1.88. The fourth-order valence-electron chi connectivity index (χ4n) is 1.15. The minimum Gasteiger partial charge on any atom is -0.387 e. The van der Waals surface area contributed by atoms with Gasteiger partial charge in [0.05, 0.1) is 0 Å². The van der Waals surface area contributed by atoms with E-state index in [-0.39, 0.29) is 0 Å². The summed E-state index contributed by atoms with van der Waals surface area (Å²) in [4.78, 5) is 3.13. The lowest BCUT2D eigenvalue weighted by atomic mass is 10.2. The van der Waals surface area contributed by atoms with Crippen molar-refractivity contribution in [2.75, 3.05) is 28.2 Å². The largest absolute Gasteiger partial charge is 0.387 e. The van der Waals surface area contributed by atoms with Crippen LogP contribution in [-0.2, 0) is 0 Å². The number of aliphatic hydroxyl groups is 2. The van der Waals surface area contributed by atoms with Crippen LogP contribution in [0.5, 0.6) is 0 Å². The molecule has 0 aliphatic carbocycles. The molecule has 0 aromatic rings. The molecule has 68 valence electrons. The topological polar surface area (TPSA) is 46.9 Å². The average Bonchev–Trinajstić information content (AvgIpc) is 1.84. The zero-order valence-electron chi connectivity index (χ0n) is 7.87. The molecule has 0 aliphatic heterocycles. The molecule has 0 fully saturated rings. The molecule has 11 heavy (non-hydrogen) atoms. The van der Waals surface area contributed by atoms with Crippen molar-refractivity contribution in [2.45, 2.75) is 18.9 Å². The fourth-order valence-corrected chi connectivity index (χ4v) is 1.15. The van der Waals surface area contributed by atoms with Crippen LogP contribution in [-0.4, -0.2) is 60.2 Å². The molecule has 4 heteroatoms. The Hall–Kier alpha value is -0.160. The van der Waals surface area contributed by atoms with Crippen LogP contribution >= 0.6 is 0 Å². The predicted molar refractivity (Wildman–Crippen MR) is 44.0 cm³/mol. The molecule has 0 amide bonds. The molecule has 0 heterocycles. The van der Waals surface area contributed by atoms with Gasteiger partial charge in [0.1, 0.15) is 6.10 Å². The van der Waals surface area contributed by atoms with Gasteiger partial charge in [-0.25, -0.2) is 0 Å². The summed E-state index contributed by atoms with van der Waals surface area (Å²) in [5.41, 5.74) is 0. The van der Waals surface area contributed by atoms with Crippen molar-refractivity contribution in [3.8, 4) is 0 Å². The Labute approximate surface area is 68.0 Å². The van der Waals surface area contributed by atoms with E-state index < -0.39 is 12.0 Å². The maximum Gasteiger partial charge on any atom is 0.202 e. The standard InChI is InChI=1S/C7H18N2O2/c1-6(10)7(11,8(2)3)9(4)5/h6,10-11H,1-5H3. The van der Waals surface area contributed by atoms with E-state index in [0.29, 0.717) is 0 Å². The molecule has 1 unspecified atom stereocenters. The highest BCUT2D eigenvalue weighted by Gasteiger charge is 2.37. The summed E-state index contributed by atoms with van der Waals surface area (Å²) in [5, 5.41) is 19.1. The molecule has 0 saturated heterocycles. The van der Waals surface area contributed by atoms with Gasteiger partial charge >= 0.3 is 0 Å². The van der Waals surface area contributed by atoms with Crippen molar-refractivity contribution < 1.29 is 10.2 Å². The monoisotopic (exact) mass is 162 g/mol. The van der Waals surface area contributed by atoms with E-state index in [1.165, 1.54) is 0 Å². The van der Waals surface area contributed by atoms with Gasteiger partial charge < -0.3 is 10.2 Å². The third-order valence-corrected chi connectivity index (χ3v) is 1.88. The van der Waals surface area contributed by atoms with Crippen molar-refractivity contribution in [3.63, 3.8) is 0 Å². The van der Waals surface area contributed by atoms with Crippen LogP contribution in [0, 0.1) is 0 Å². The van der Waals surface area contributed by atoms with E-state index in [1.807, 2.05) is 0 Å². The van der Waals surface area contributed by atoms with Gasteiger partial charge in [-0.1, -0.05) is 0 Å². The van der Waals surface area contributed by atoms with Crippen LogP contribution < -0.4 is 0 Å². The third kappa shape index (κ3) is 1.90. The lowest BCUT2D eigenvalue weighted by Gasteiger charge is -2.42. The molecule has 2 N–H and O–H groups in total. The van der Waals surface area contributed by atoms with Gasteiger partial charge in [-0.3, -0.25) is 9.80 Å². The van der Waals surface area contributed by atoms with E-state index in [2.05, 4.69) is 0 Å². The maximum atomic E-state index is 9.84. The second kappa shape index (κ2) is 3.49. The molecule has 0 aromatic heterocycles. The van der Waals surface area contributed by atoms with E-state index in [9.17, 15) is 10.2 Å². The Balaban J connectivity index is 4.53. The van der Waals surface area contributed by atoms with Crippen molar-refractivity contribution in [2.24, 2.45) is 0 Å². The molecule has 0 saturated carbocycles. The summed E-state index contributed by atoms with van der Waals surface area (Å²) in [5.74, 6) is -1.28. The predicted octanol–water partition coefficient (Wildman–Crippen LogP) is -0.863. The van der Waals surface area contributed by atoms with Gasteiger partial charge in [0.25, 0.3) is 0 Å². The quantitative estimate of drug-likeness (QED) is 0.530. The van der Waals surface area contributed by atoms with Crippen LogP contribution in [0.15, 0.2) is 0 Å². The first-order chi connectivity index (χ1) is 4.83.